The van der Waals surface area contributed by atoms with Crippen LogP contribution in [0.5, 0.6) is 5.75 Å². The molecule has 0 bridgehead atoms. The summed E-state index contributed by atoms with van der Waals surface area (Å²) in [5, 5.41) is 0. The molecule has 0 saturated carbocycles. The fourth-order valence-corrected chi connectivity index (χ4v) is 4.65. The molecule has 0 aromatic heterocycles. The molecule has 0 fully saturated rings. The van der Waals surface area contributed by atoms with Crippen molar-refractivity contribution in [2.45, 2.75) is 78.7 Å². The van der Waals surface area contributed by atoms with Gasteiger partial charge in [0.1, 0.15) is 5.60 Å². The van der Waals surface area contributed by atoms with Crippen molar-refractivity contribution in [1.29, 1.82) is 0 Å². The van der Waals surface area contributed by atoms with E-state index in [2.05, 4.69) is 41.5 Å². The summed E-state index contributed by atoms with van der Waals surface area (Å²) in [5.41, 5.74) is 3.35. The van der Waals surface area contributed by atoms with Gasteiger partial charge in [0.15, 0.2) is 5.75 Å². The van der Waals surface area contributed by atoms with Gasteiger partial charge in [-0.1, -0.05) is 102 Å². The third-order valence-corrected chi connectivity index (χ3v) is 6.85. The maximum atomic E-state index is 14.2. The van der Waals surface area contributed by atoms with Gasteiger partial charge in [-0.2, -0.15) is 0 Å². The molecule has 0 saturated heterocycles. The molecule has 0 N–H and O–H groups in total. The minimum absolute atomic E-state index is 0.0511. The predicted octanol–water partition coefficient (Wildman–Crippen LogP) is 8.08. The number of benzene rings is 3. The second-order valence-electron chi connectivity index (χ2n) is 13.4. The van der Waals surface area contributed by atoms with Crippen molar-refractivity contribution in [3.63, 3.8) is 0 Å². The van der Waals surface area contributed by atoms with Crippen LogP contribution >= 0.6 is 0 Å². The molecule has 0 spiro atoms. The number of hydrogen-bond donors (Lipinski definition) is 0. The molecule has 3 aromatic carbocycles. The van der Waals surface area contributed by atoms with Gasteiger partial charge in [0.25, 0.3) is 11.8 Å². The summed E-state index contributed by atoms with van der Waals surface area (Å²) >= 11 is 0. The Bertz CT molecular complexity index is 1430. The van der Waals surface area contributed by atoms with Gasteiger partial charge in [-0.3, -0.25) is 9.59 Å². The van der Waals surface area contributed by atoms with Gasteiger partial charge in [0.05, 0.1) is 16.8 Å². The van der Waals surface area contributed by atoms with Crippen LogP contribution in [0.15, 0.2) is 72.8 Å². The minimum atomic E-state index is -0.923. The van der Waals surface area contributed by atoms with Crippen LogP contribution in [0.3, 0.4) is 0 Å². The van der Waals surface area contributed by atoms with E-state index in [0.29, 0.717) is 22.3 Å². The third-order valence-electron chi connectivity index (χ3n) is 6.85. The fraction of sp³-hybridized carbons (Fsp3) is 0.343. The number of rotatable bonds is 4. The molecule has 214 valence electrons. The normalized spacial score (nSPS) is 14.5. The van der Waals surface area contributed by atoms with Gasteiger partial charge >= 0.3 is 6.16 Å². The summed E-state index contributed by atoms with van der Waals surface area (Å²) in [6.07, 6.45) is -0.923. The highest BCUT2D eigenvalue weighted by atomic mass is 16.7. The van der Waals surface area contributed by atoms with E-state index in [1.807, 2.05) is 48.5 Å². The van der Waals surface area contributed by atoms with Crippen molar-refractivity contribution < 1.29 is 23.9 Å². The Morgan fingerprint density at radius 3 is 1.41 bits per heavy atom. The van der Waals surface area contributed by atoms with Crippen molar-refractivity contribution in [3.05, 3.63) is 95.1 Å². The summed E-state index contributed by atoms with van der Waals surface area (Å²) < 4.78 is 10.8. The molecule has 1 aliphatic heterocycles. The maximum Gasteiger partial charge on any atom is 0.514 e. The molecule has 0 aliphatic carbocycles. The molecule has 4 rings (SSSR count). The van der Waals surface area contributed by atoms with Crippen LogP contribution in [-0.2, 0) is 25.2 Å². The zero-order valence-electron chi connectivity index (χ0n) is 25.4. The predicted molar refractivity (Wildman–Crippen MR) is 163 cm³/mol. The highest BCUT2D eigenvalue weighted by molar-refractivity contribution is 6.57. The van der Waals surface area contributed by atoms with Crippen LogP contribution < -0.4 is 9.64 Å². The Balaban J connectivity index is 1.83. The molecule has 6 nitrogen and oxygen atoms in total. The lowest BCUT2D eigenvalue weighted by molar-refractivity contribution is -0.119. The quantitative estimate of drug-likeness (QED) is 0.186. The molecule has 3 aromatic rings. The summed E-state index contributed by atoms with van der Waals surface area (Å²) in [7, 11) is 0. The summed E-state index contributed by atoms with van der Waals surface area (Å²) in [6, 6.07) is 22.0. The smallest absolute Gasteiger partial charge is 0.428 e. The molecular formula is C35H39NO5. The monoisotopic (exact) mass is 553 g/mol. The van der Waals surface area contributed by atoms with Gasteiger partial charge in [-0.25, -0.2) is 9.69 Å². The molecule has 6 heteroatoms. The van der Waals surface area contributed by atoms with Crippen molar-refractivity contribution in [2.75, 3.05) is 4.90 Å². The molecule has 0 atom stereocenters. The number of hydrogen-bond acceptors (Lipinski definition) is 5. The first-order valence-electron chi connectivity index (χ1n) is 13.8. The lowest BCUT2D eigenvalue weighted by Gasteiger charge is -2.22. The summed E-state index contributed by atoms with van der Waals surface area (Å²) in [6.45, 7) is 17.9. The van der Waals surface area contributed by atoms with Crippen molar-refractivity contribution >= 4 is 34.8 Å². The first-order chi connectivity index (χ1) is 19.0. The highest BCUT2D eigenvalue weighted by Gasteiger charge is 2.42. The summed E-state index contributed by atoms with van der Waals surface area (Å²) in [4.78, 5) is 41.9. The molecule has 0 radical (unpaired) electrons. The van der Waals surface area contributed by atoms with Gasteiger partial charge < -0.3 is 9.47 Å². The third kappa shape index (κ3) is 6.43. The number of carbonyl (C=O) groups is 3. The first kappa shape index (κ1) is 29.8. The largest absolute Gasteiger partial charge is 0.514 e. The van der Waals surface area contributed by atoms with Gasteiger partial charge in [-0.05, 0) is 66.0 Å². The molecule has 1 aliphatic rings. The molecular weight excluding hydrogens is 514 g/mol. The van der Waals surface area contributed by atoms with E-state index < -0.39 is 23.6 Å². The average molecular weight is 554 g/mol. The van der Waals surface area contributed by atoms with E-state index in [1.165, 1.54) is 6.07 Å². The highest BCUT2D eigenvalue weighted by Crippen LogP contribution is 2.42. The SMILES string of the molecule is CC(C)(C)OC(=O)Oc1ccccc1N1C(=O)C(c2ccc(C(C)(C)C)cc2)=C(c2ccc(C(C)(C)C)cc2)C1=O. The number of nitrogens with zero attached hydrogens (tertiary/aromatic N) is 1. The van der Waals surface area contributed by atoms with Gasteiger partial charge in [-0.15, -0.1) is 0 Å². The number of amides is 2. The second kappa shape index (κ2) is 10.7. The van der Waals surface area contributed by atoms with E-state index in [0.717, 1.165) is 16.0 Å². The molecule has 2 amide bonds. The Kier molecular flexibility index (Phi) is 7.74. The Morgan fingerprint density at radius 1 is 0.610 bits per heavy atom. The van der Waals surface area contributed by atoms with Crippen LogP contribution in [0.4, 0.5) is 10.5 Å². The minimum Gasteiger partial charge on any atom is -0.428 e. The standard InChI is InChI=1S/C35H39NO5/c1-33(2,3)24-18-14-22(15-19-24)28-29(23-16-20-25(21-17-23)34(4,5)6)31(38)36(30(28)37)26-12-10-11-13-27(26)40-32(39)41-35(7,8)9/h10-21H,1-9H3. The number of imide groups is 1. The van der Waals surface area contributed by atoms with Crippen LogP contribution in [-0.4, -0.2) is 23.6 Å². The van der Waals surface area contributed by atoms with Gasteiger partial charge in [0.2, 0.25) is 0 Å². The van der Waals surface area contributed by atoms with E-state index in [4.69, 9.17) is 9.47 Å². The van der Waals surface area contributed by atoms with Crippen LogP contribution in [0.2, 0.25) is 0 Å². The first-order valence-corrected chi connectivity index (χ1v) is 13.8. The zero-order chi connectivity index (χ0) is 30.3. The Morgan fingerprint density at radius 2 is 1.02 bits per heavy atom. The van der Waals surface area contributed by atoms with Crippen molar-refractivity contribution in [1.82, 2.24) is 0 Å². The van der Waals surface area contributed by atoms with E-state index in [9.17, 15) is 14.4 Å². The summed E-state index contributed by atoms with van der Waals surface area (Å²) in [5.74, 6) is -0.933. The molecule has 41 heavy (non-hydrogen) atoms. The topological polar surface area (TPSA) is 72.9 Å². The van der Waals surface area contributed by atoms with E-state index in [-0.39, 0.29) is 22.3 Å². The number of para-hydroxylation sites is 2. The maximum absolute atomic E-state index is 14.2. The zero-order valence-corrected chi connectivity index (χ0v) is 25.4. The van der Waals surface area contributed by atoms with Crippen LogP contribution in [0.1, 0.15) is 84.6 Å². The average Bonchev–Trinajstić information content (AvgIpc) is 3.12. The van der Waals surface area contributed by atoms with E-state index in [1.54, 1.807) is 39.0 Å². The number of carbonyl (C=O) groups excluding carboxylic acids is 3. The Labute approximate surface area is 243 Å². The lowest BCUT2D eigenvalue weighted by atomic mass is 9.85. The second-order valence-corrected chi connectivity index (χ2v) is 13.4. The molecule has 0 unspecified atom stereocenters. The van der Waals surface area contributed by atoms with Gasteiger partial charge in [0, 0.05) is 0 Å². The van der Waals surface area contributed by atoms with Crippen molar-refractivity contribution in [2.24, 2.45) is 0 Å². The molecule has 1 heterocycles. The van der Waals surface area contributed by atoms with Crippen LogP contribution in [0, 0.1) is 0 Å². The van der Waals surface area contributed by atoms with E-state index >= 15 is 0 Å². The number of ether oxygens (including phenoxy) is 2. The fourth-order valence-electron chi connectivity index (χ4n) is 4.65. The number of anilines is 1. The van der Waals surface area contributed by atoms with Crippen molar-refractivity contribution in [3.8, 4) is 5.75 Å². The Hall–Kier alpha value is -4.19. The van der Waals surface area contributed by atoms with Crippen LogP contribution in [0.25, 0.3) is 11.1 Å². The lowest BCUT2D eigenvalue weighted by Crippen LogP contribution is -2.32.